The van der Waals surface area contributed by atoms with E-state index in [1.54, 1.807) is 20.2 Å². The Balaban J connectivity index is 1.58. The number of aromatic nitrogens is 2. The highest BCUT2D eigenvalue weighted by Crippen LogP contribution is 2.47. The highest BCUT2D eigenvalue weighted by Gasteiger charge is 2.45. The molecule has 2 N–H and O–H groups in total. The summed E-state index contributed by atoms with van der Waals surface area (Å²) in [6, 6.07) is 31.2. The Bertz CT molecular complexity index is 1680. The van der Waals surface area contributed by atoms with Gasteiger partial charge < -0.3 is 18.8 Å². The van der Waals surface area contributed by atoms with Crippen LogP contribution in [-0.4, -0.2) is 64.9 Å². The van der Waals surface area contributed by atoms with Crippen LogP contribution in [0.2, 0.25) is 0 Å². The van der Waals surface area contributed by atoms with Crippen molar-refractivity contribution in [3.8, 4) is 0 Å². The van der Waals surface area contributed by atoms with E-state index in [9.17, 15) is 9.59 Å². The molecule has 0 aliphatic carbocycles. The van der Waals surface area contributed by atoms with Crippen molar-refractivity contribution in [3.63, 3.8) is 0 Å². The first-order valence-electron chi connectivity index (χ1n) is 17.3. The molecule has 0 radical (unpaired) electrons. The van der Waals surface area contributed by atoms with Crippen molar-refractivity contribution >= 4 is 14.7 Å². The third-order valence-electron chi connectivity index (χ3n) is 8.94. The molecule has 0 bridgehead atoms. The van der Waals surface area contributed by atoms with Crippen molar-refractivity contribution in [2.45, 2.75) is 83.5 Å². The van der Waals surface area contributed by atoms with Crippen molar-refractivity contribution in [1.82, 2.24) is 19.5 Å². The first kappa shape index (κ1) is 37.5. The predicted octanol–water partition coefficient (Wildman–Crippen LogP) is 6.55. The summed E-state index contributed by atoms with van der Waals surface area (Å²) in [6.07, 6.45) is 3.41. The fourth-order valence-corrected chi connectivity index (χ4v) is 8.33. The summed E-state index contributed by atoms with van der Waals surface area (Å²) in [4.78, 5) is 32.0. The van der Waals surface area contributed by atoms with Gasteiger partial charge in [0.2, 0.25) is 0 Å². The van der Waals surface area contributed by atoms with Gasteiger partial charge in [0.1, 0.15) is 6.23 Å². The van der Waals surface area contributed by atoms with Gasteiger partial charge in [-0.05, 0) is 51.3 Å². The van der Waals surface area contributed by atoms with E-state index in [-0.39, 0.29) is 24.7 Å². The smallest absolute Gasteiger partial charge is 0.330 e. The van der Waals surface area contributed by atoms with Crippen molar-refractivity contribution < 1.29 is 13.8 Å². The van der Waals surface area contributed by atoms with Crippen LogP contribution in [0.25, 0.3) is 0 Å². The molecular weight excluding hydrogens is 649 g/mol. The van der Waals surface area contributed by atoms with E-state index in [1.165, 1.54) is 4.57 Å². The van der Waals surface area contributed by atoms with Crippen LogP contribution in [0, 0.1) is 6.92 Å². The fourth-order valence-electron chi connectivity index (χ4n) is 6.69. The standard InChI is InChI=1S/C39H50N5O5P/c1-28(2)44(29(3)4)50(47-24-16-23-40-6)48-27-35-34(25-36(49-35)43-26-30(5)37(45)41-38(43)46)42-39(31-17-10-7-11-18-31,32-19-12-8-13-20-32)33-21-14-9-15-22-33/h7-15,17-23,26,28-29,34-36,42H,16,24-25,27H2,1-6H3,(H,41,45,46)/t34?,35-,36-,50?/m1/s1. The molecule has 2 heterocycles. The summed E-state index contributed by atoms with van der Waals surface area (Å²) in [5, 5.41) is 4.08. The maximum absolute atomic E-state index is 13.2. The number of nitrogens with zero attached hydrogens (tertiary/aromatic N) is 3. The maximum Gasteiger partial charge on any atom is 0.330 e. The topological polar surface area (TPSA) is 110 Å². The molecule has 266 valence electrons. The Morgan fingerprint density at radius 2 is 1.48 bits per heavy atom. The van der Waals surface area contributed by atoms with Gasteiger partial charge in [0.25, 0.3) is 14.1 Å². The van der Waals surface area contributed by atoms with E-state index in [0.29, 0.717) is 25.0 Å². The largest absolute Gasteiger partial charge is 0.351 e. The summed E-state index contributed by atoms with van der Waals surface area (Å²) in [6.45, 7) is 10.9. The number of aryl methyl sites for hydroxylation is 1. The third kappa shape index (κ3) is 8.57. The molecule has 2 unspecified atom stereocenters. The monoisotopic (exact) mass is 699 g/mol. The molecule has 1 aliphatic rings. The van der Waals surface area contributed by atoms with Crippen molar-refractivity contribution in [1.29, 1.82) is 0 Å². The van der Waals surface area contributed by atoms with Gasteiger partial charge in [0.15, 0.2) is 0 Å². The van der Waals surface area contributed by atoms with Crippen LogP contribution in [0.5, 0.6) is 0 Å². The Morgan fingerprint density at radius 3 is 1.98 bits per heavy atom. The number of rotatable bonds is 16. The third-order valence-corrected chi connectivity index (χ3v) is 11.0. The van der Waals surface area contributed by atoms with Crippen molar-refractivity contribution in [2.75, 3.05) is 20.3 Å². The Hall–Kier alpha value is -3.76. The molecular formula is C39H50N5O5P. The molecule has 50 heavy (non-hydrogen) atoms. The minimum atomic E-state index is -1.46. The minimum absolute atomic E-state index is 0.178. The summed E-state index contributed by atoms with van der Waals surface area (Å²) in [5.74, 6) is 0. The highest BCUT2D eigenvalue weighted by atomic mass is 31.2. The van der Waals surface area contributed by atoms with Crippen LogP contribution in [0.15, 0.2) is 112 Å². The van der Waals surface area contributed by atoms with E-state index in [2.05, 4.69) is 120 Å². The lowest BCUT2D eigenvalue weighted by molar-refractivity contribution is -0.0279. The zero-order valence-electron chi connectivity index (χ0n) is 29.9. The van der Waals surface area contributed by atoms with E-state index in [4.69, 9.17) is 13.8 Å². The van der Waals surface area contributed by atoms with E-state index >= 15 is 0 Å². The van der Waals surface area contributed by atoms with Gasteiger partial charge in [0.05, 0.1) is 24.9 Å². The molecule has 4 aromatic rings. The summed E-state index contributed by atoms with van der Waals surface area (Å²) < 4.78 is 23.6. The van der Waals surface area contributed by atoms with Gasteiger partial charge in [0, 0.05) is 56.0 Å². The van der Waals surface area contributed by atoms with E-state index in [1.807, 2.05) is 24.4 Å². The number of aromatic amines is 1. The lowest BCUT2D eigenvalue weighted by Crippen LogP contribution is -2.53. The molecule has 4 atom stereocenters. The number of ether oxygens (including phenoxy) is 1. The van der Waals surface area contributed by atoms with Crippen LogP contribution < -0.4 is 16.6 Å². The normalized spacial score (nSPS) is 18.9. The summed E-state index contributed by atoms with van der Waals surface area (Å²) in [5.41, 5.74) is 1.92. The highest BCUT2D eigenvalue weighted by molar-refractivity contribution is 7.44. The van der Waals surface area contributed by atoms with Gasteiger partial charge in [-0.25, -0.2) is 9.46 Å². The van der Waals surface area contributed by atoms with Gasteiger partial charge in [-0.1, -0.05) is 91.0 Å². The SMILES string of the molecule is CN=CCCOP(OC[C@H]1O[C@@H](n2cc(C)c(=O)[nH]c2=O)CC1NC(c1ccccc1)(c1ccccc1)c1ccccc1)N(C(C)C)C(C)C. The second-order valence-electron chi connectivity index (χ2n) is 13.1. The lowest BCUT2D eigenvalue weighted by atomic mass is 9.76. The maximum atomic E-state index is 13.2. The minimum Gasteiger partial charge on any atom is -0.351 e. The number of hydrogen-bond acceptors (Lipinski definition) is 8. The van der Waals surface area contributed by atoms with Crippen LogP contribution in [0.4, 0.5) is 0 Å². The van der Waals surface area contributed by atoms with Crippen LogP contribution in [0.1, 0.15) is 69.0 Å². The molecule has 0 amide bonds. The molecule has 1 aliphatic heterocycles. The Labute approximate surface area is 296 Å². The molecule has 1 fully saturated rings. The Kier molecular flexibility index (Phi) is 13.1. The molecule has 5 rings (SSSR count). The van der Waals surface area contributed by atoms with Crippen LogP contribution in [-0.2, 0) is 19.3 Å². The number of hydrogen-bond donors (Lipinski definition) is 2. The van der Waals surface area contributed by atoms with Gasteiger partial charge >= 0.3 is 5.69 Å². The Morgan fingerprint density at radius 1 is 0.940 bits per heavy atom. The first-order valence-corrected chi connectivity index (χ1v) is 18.4. The summed E-state index contributed by atoms with van der Waals surface area (Å²) >= 11 is 0. The van der Waals surface area contributed by atoms with Crippen LogP contribution in [0.3, 0.4) is 0 Å². The van der Waals surface area contributed by atoms with Gasteiger partial charge in [-0.2, -0.15) is 0 Å². The van der Waals surface area contributed by atoms with Crippen molar-refractivity contribution in [2.24, 2.45) is 4.99 Å². The van der Waals surface area contributed by atoms with E-state index < -0.39 is 37.6 Å². The number of benzene rings is 3. The molecule has 3 aromatic carbocycles. The second kappa shape index (κ2) is 17.4. The lowest BCUT2D eigenvalue weighted by Gasteiger charge is -2.40. The van der Waals surface area contributed by atoms with Gasteiger partial charge in [-0.3, -0.25) is 19.7 Å². The summed E-state index contributed by atoms with van der Waals surface area (Å²) in [7, 11) is 0.299. The average molecular weight is 700 g/mol. The zero-order chi connectivity index (χ0) is 35.7. The zero-order valence-corrected chi connectivity index (χ0v) is 30.8. The molecule has 11 heteroatoms. The molecule has 10 nitrogen and oxygen atoms in total. The molecule has 0 saturated carbocycles. The quantitative estimate of drug-likeness (QED) is 0.0591. The second-order valence-corrected chi connectivity index (χ2v) is 14.6. The van der Waals surface area contributed by atoms with Crippen LogP contribution >= 0.6 is 8.53 Å². The first-order chi connectivity index (χ1) is 24.1. The molecule has 1 saturated heterocycles. The predicted molar refractivity (Wildman–Crippen MR) is 201 cm³/mol. The fraction of sp³-hybridized carbons (Fsp3) is 0.410. The van der Waals surface area contributed by atoms with Crippen molar-refractivity contribution in [3.05, 3.63) is 140 Å². The number of aliphatic imine (C=N–C) groups is 1. The average Bonchev–Trinajstić information content (AvgIpc) is 3.52. The number of H-pyrrole nitrogens is 1. The number of nitrogens with one attached hydrogen (secondary N) is 2. The molecule has 0 spiro atoms. The molecule has 1 aromatic heterocycles. The van der Waals surface area contributed by atoms with Gasteiger partial charge in [-0.15, -0.1) is 0 Å². The van der Waals surface area contributed by atoms with E-state index in [0.717, 1.165) is 16.7 Å².